The molecule has 8 heteroatoms. The molecule has 4 atom stereocenters. The molecule has 168 valence electrons. The Labute approximate surface area is 180 Å². The maximum Gasteiger partial charge on any atom is 0.333 e. The molecular formula is C23H28O8. The van der Waals surface area contributed by atoms with Crippen LogP contribution < -0.4 is 0 Å². The van der Waals surface area contributed by atoms with E-state index in [1.54, 1.807) is 25.2 Å². The molecular weight excluding hydrogens is 404 g/mol. The Morgan fingerprint density at radius 2 is 1.97 bits per heavy atom. The van der Waals surface area contributed by atoms with Gasteiger partial charge in [0.2, 0.25) is 0 Å². The molecule has 1 saturated carbocycles. The molecule has 0 aromatic heterocycles. The van der Waals surface area contributed by atoms with E-state index < -0.39 is 40.5 Å². The van der Waals surface area contributed by atoms with Crippen molar-refractivity contribution in [2.45, 2.75) is 64.1 Å². The summed E-state index contributed by atoms with van der Waals surface area (Å²) in [6.07, 6.45) is 8.21. The van der Waals surface area contributed by atoms with Gasteiger partial charge in [0.25, 0.3) is 0 Å². The van der Waals surface area contributed by atoms with E-state index >= 15 is 0 Å². The average molecular weight is 432 g/mol. The van der Waals surface area contributed by atoms with Crippen LogP contribution in [0.25, 0.3) is 0 Å². The van der Waals surface area contributed by atoms with Crippen molar-refractivity contribution in [1.29, 1.82) is 0 Å². The number of esters is 3. The van der Waals surface area contributed by atoms with Crippen LogP contribution in [0.1, 0.15) is 52.9 Å². The van der Waals surface area contributed by atoms with Gasteiger partial charge >= 0.3 is 23.9 Å². The van der Waals surface area contributed by atoms with Gasteiger partial charge in [-0.15, -0.1) is 0 Å². The Kier molecular flexibility index (Phi) is 5.86. The normalized spacial score (nSPS) is 35.0. The van der Waals surface area contributed by atoms with Crippen LogP contribution in [0.4, 0.5) is 0 Å². The van der Waals surface area contributed by atoms with Gasteiger partial charge in [-0.25, -0.2) is 9.59 Å². The standard InChI is InChI=1S/C23H28O8/c1-14(18(25)26)6-5-10-21(3)17-9-12-22(20(28)31-21)11-7-16(19(27)29-4)8-13-23(17,22)30-15(2)24/h5-7,10,17H,8-9,11-13H2,1-4H3,(H,25,26)/b10-5+,14-6+/t17?,21?,22?,23-/m0/s1. The number of hydrogen-bond donors (Lipinski definition) is 1. The lowest BCUT2D eigenvalue weighted by Crippen LogP contribution is -2.65. The van der Waals surface area contributed by atoms with Crippen molar-refractivity contribution in [3.05, 3.63) is 35.5 Å². The Hall–Kier alpha value is -2.90. The van der Waals surface area contributed by atoms with Crippen LogP contribution in [0.15, 0.2) is 35.5 Å². The summed E-state index contributed by atoms with van der Waals surface area (Å²) in [6.45, 7) is 4.53. The van der Waals surface area contributed by atoms with Crippen molar-refractivity contribution in [2.75, 3.05) is 7.11 Å². The summed E-state index contributed by atoms with van der Waals surface area (Å²) < 4.78 is 16.7. The zero-order valence-electron chi connectivity index (χ0n) is 18.2. The Bertz CT molecular complexity index is 913. The number of hydrogen-bond acceptors (Lipinski definition) is 7. The van der Waals surface area contributed by atoms with Crippen LogP contribution in [-0.4, -0.2) is 47.3 Å². The number of carbonyl (C=O) groups is 4. The second-order valence-corrected chi connectivity index (χ2v) is 8.67. The van der Waals surface area contributed by atoms with Crippen LogP contribution >= 0.6 is 0 Å². The van der Waals surface area contributed by atoms with Crippen LogP contribution in [0.3, 0.4) is 0 Å². The Morgan fingerprint density at radius 1 is 1.26 bits per heavy atom. The highest BCUT2D eigenvalue weighted by molar-refractivity contribution is 5.89. The van der Waals surface area contributed by atoms with Gasteiger partial charge in [0.05, 0.1) is 7.11 Å². The van der Waals surface area contributed by atoms with E-state index in [0.29, 0.717) is 31.3 Å². The molecule has 0 aromatic rings. The van der Waals surface area contributed by atoms with Crippen LogP contribution in [0, 0.1) is 11.3 Å². The number of aliphatic carboxylic acids is 1. The molecule has 8 nitrogen and oxygen atoms in total. The molecule has 3 aliphatic rings. The molecule has 0 aromatic carbocycles. The highest BCUT2D eigenvalue weighted by Gasteiger charge is 2.74. The Morgan fingerprint density at radius 3 is 2.58 bits per heavy atom. The third-order valence-electron chi connectivity index (χ3n) is 6.97. The molecule has 1 aliphatic heterocycles. The fraction of sp³-hybridized carbons (Fsp3) is 0.565. The minimum absolute atomic E-state index is 0.138. The van der Waals surface area contributed by atoms with Gasteiger partial charge in [-0.05, 0) is 52.0 Å². The van der Waals surface area contributed by atoms with E-state index in [0.717, 1.165) is 0 Å². The smallest absolute Gasteiger partial charge is 0.333 e. The third-order valence-corrected chi connectivity index (χ3v) is 6.97. The van der Waals surface area contributed by atoms with Crippen LogP contribution in [0.5, 0.6) is 0 Å². The average Bonchev–Trinajstić information content (AvgIpc) is 2.84. The SMILES string of the molecule is COC(=O)C1=CCC23CCC(C(C)(/C=C/C=C(\C)C(=O)O)OC2=O)[C@@]3(OC(C)=O)CC1. The zero-order valence-corrected chi connectivity index (χ0v) is 18.2. The monoisotopic (exact) mass is 432 g/mol. The van der Waals surface area contributed by atoms with Gasteiger partial charge in [0, 0.05) is 24.0 Å². The summed E-state index contributed by atoms with van der Waals surface area (Å²) in [5.41, 5.74) is -2.71. The second-order valence-electron chi connectivity index (χ2n) is 8.67. The van der Waals surface area contributed by atoms with Gasteiger partial charge in [-0.1, -0.05) is 18.2 Å². The van der Waals surface area contributed by atoms with Crippen molar-refractivity contribution in [3.63, 3.8) is 0 Å². The Balaban J connectivity index is 2.07. The molecule has 0 spiro atoms. The molecule has 3 unspecified atom stereocenters. The molecule has 0 amide bonds. The lowest BCUT2D eigenvalue weighted by atomic mass is 9.62. The summed E-state index contributed by atoms with van der Waals surface area (Å²) in [5.74, 6) is -2.83. The number of carbonyl (C=O) groups excluding carboxylic acids is 3. The van der Waals surface area contributed by atoms with E-state index in [4.69, 9.17) is 19.3 Å². The third kappa shape index (κ3) is 3.58. The number of carboxylic acids is 1. The van der Waals surface area contributed by atoms with Gasteiger partial charge in [0.1, 0.15) is 16.6 Å². The van der Waals surface area contributed by atoms with E-state index in [1.807, 2.05) is 0 Å². The van der Waals surface area contributed by atoms with E-state index in [2.05, 4.69) is 0 Å². The first-order valence-electron chi connectivity index (χ1n) is 10.3. The zero-order chi connectivity index (χ0) is 23.0. The first-order valence-corrected chi connectivity index (χ1v) is 10.3. The van der Waals surface area contributed by atoms with E-state index in [9.17, 15) is 19.2 Å². The number of cyclic esters (lactones) is 1. The molecule has 3 rings (SSSR count). The maximum absolute atomic E-state index is 13.4. The molecule has 31 heavy (non-hydrogen) atoms. The van der Waals surface area contributed by atoms with Crippen molar-refractivity contribution < 1.29 is 38.5 Å². The molecule has 2 fully saturated rings. The molecule has 1 saturated heterocycles. The lowest BCUT2D eigenvalue weighted by Gasteiger charge is -2.54. The van der Waals surface area contributed by atoms with Gasteiger partial charge < -0.3 is 19.3 Å². The van der Waals surface area contributed by atoms with Crippen molar-refractivity contribution in [2.24, 2.45) is 11.3 Å². The van der Waals surface area contributed by atoms with Gasteiger partial charge in [0.15, 0.2) is 0 Å². The van der Waals surface area contributed by atoms with E-state index in [-0.39, 0.29) is 17.9 Å². The predicted octanol–water partition coefficient (Wildman–Crippen LogP) is 2.87. The molecule has 1 heterocycles. The first-order chi connectivity index (χ1) is 14.5. The van der Waals surface area contributed by atoms with E-state index in [1.165, 1.54) is 27.0 Å². The topological polar surface area (TPSA) is 116 Å². The maximum atomic E-state index is 13.4. The molecule has 0 radical (unpaired) electrons. The summed E-state index contributed by atoms with van der Waals surface area (Å²) in [4.78, 5) is 48.8. The van der Waals surface area contributed by atoms with Crippen molar-refractivity contribution in [3.8, 4) is 0 Å². The van der Waals surface area contributed by atoms with Crippen LogP contribution in [0.2, 0.25) is 0 Å². The van der Waals surface area contributed by atoms with Gasteiger partial charge in [-0.3, -0.25) is 9.59 Å². The first kappa shape index (κ1) is 22.8. The molecule has 2 bridgehead atoms. The minimum atomic E-state index is -1.13. The quantitative estimate of drug-likeness (QED) is 0.305. The number of carboxylic acid groups (broad SMARTS) is 1. The highest BCUT2D eigenvalue weighted by atomic mass is 16.6. The minimum Gasteiger partial charge on any atom is -0.478 e. The van der Waals surface area contributed by atoms with Crippen molar-refractivity contribution >= 4 is 23.9 Å². The number of ether oxygens (including phenoxy) is 3. The predicted molar refractivity (Wildman–Crippen MR) is 109 cm³/mol. The number of methoxy groups -OCH3 is 1. The fourth-order valence-electron chi connectivity index (χ4n) is 5.45. The summed E-state index contributed by atoms with van der Waals surface area (Å²) in [5, 5.41) is 9.06. The lowest BCUT2D eigenvalue weighted by molar-refractivity contribution is -0.235. The number of rotatable bonds is 5. The molecule has 1 N–H and O–H groups in total. The largest absolute Gasteiger partial charge is 0.478 e. The number of allylic oxidation sites excluding steroid dienone is 3. The molecule has 2 aliphatic carbocycles. The summed E-state index contributed by atoms with van der Waals surface area (Å²) in [6, 6.07) is 0. The van der Waals surface area contributed by atoms with Gasteiger partial charge in [-0.2, -0.15) is 0 Å². The van der Waals surface area contributed by atoms with Crippen LogP contribution in [-0.2, 0) is 33.4 Å². The van der Waals surface area contributed by atoms with Crippen molar-refractivity contribution in [1.82, 2.24) is 0 Å². The second kappa shape index (κ2) is 7.98. The summed E-state index contributed by atoms with van der Waals surface area (Å²) >= 11 is 0. The summed E-state index contributed by atoms with van der Waals surface area (Å²) in [7, 11) is 1.30. The fourth-order valence-corrected chi connectivity index (χ4v) is 5.45. The highest BCUT2D eigenvalue weighted by Crippen LogP contribution is 2.65.